The van der Waals surface area contributed by atoms with Crippen molar-refractivity contribution >= 4 is 23.1 Å². The van der Waals surface area contributed by atoms with Crippen LogP contribution in [-0.2, 0) is 4.79 Å². The van der Waals surface area contributed by atoms with Gasteiger partial charge in [-0.15, -0.1) is 0 Å². The van der Waals surface area contributed by atoms with Crippen LogP contribution < -0.4 is 0 Å². The molecule has 0 saturated heterocycles. The Morgan fingerprint density at radius 3 is 2.47 bits per heavy atom. The molecule has 6 heteroatoms. The van der Waals surface area contributed by atoms with Crippen molar-refractivity contribution in [2.75, 3.05) is 0 Å². The van der Waals surface area contributed by atoms with Crippen molar-refractivity contribution in [2.45, 2.75) is 6.92 Å². The van der Waals surface area contributed by atoms with Crippen LogP contribution in [0.5, 0.6) is 11.5 Å². The number of rotatable bonds is 2. The highest BCUT2D eigenvalue weighted by molar-refractivity contribution is 6.49. The molecule has 3 N–H and O–H groups in total. The van der Waals surface area contributed by atoms with Crippen molar-refractivity contribution in [1.82, 2.24) is 0 Å². The molecule has 1 aromatic rings. The molecule has 0 unspecified atom stereocenters. The second-order valence-corrected chi connectivity index (χ2v) is 3.18. The number of carbonyl (C=O) groups is 1. The number of halogens is 1. The quantitative estimate of drug-likeness (QED) is 0.310. The Balaban J connectivity index is 3.39. The van der Waals surface area contributed by atoms with Crippen molar-refractivity contribution in [3.8, 4) is 11.5 Å². The third-order valence-electron chi connectivity index (χ3n) is 1.78. The predicted molar refractivity (Wildman–Crippen MR) is 53.8 cm³/mol. The smallest absolute Gasteiger partial charge is 0.182 e. The van der Waals surface area contributed by atoms with E-state index in [1.165, 1.54) is 13.0 Å². The van der Waals surface area contributed by atoms with Crippen molar-refractivity contribution < 1.29 is 20.2 Å². The minimum absolute atomic E-state index is 0.0574. The first-order chi connectivity index (χ1) is 6.99. The summed E-state index contributed by atoms with van der Waals surface area (Å²) >= 11 is 5.66. The number of hydrogen-bond donors (Lipinski definition) is 3. The van der Waals surface area contributed by atoms with Crippen molar-refractivity contribution in [2.24, 2.45) is 5.16 Å². The van der Waals surface area contributed by atoms with Gasteiger partial charge >= 0.3 is 0 Å². The molecule has 0 bridgehead atoms. The number of ketones is 1. The van der Waals surface area contributed by atoms with Crippen molar-refractivity contribution in [3.05, 3.63) is 22.7 Å². The normalized spacial score (nSPS) is 11.5. The topological polar surface area (TPSA) is 90.1 Å². The molecule has 0 saturated carbocycles. The molecular formula is C9H8ClNO4. The lowest BCUT2D eigenvalue weighted by Gasteiger charge is -2.06. The van der Waals surface area contributed by atoms with E-state index in [1.807, 2.05) is 0 Å². The Bertz CT molecular complexity index is 442. The molecule has 0 radical (unpaired) electrons. The number of oxime groups is 1. The fraction of sp³-hybridized carbons (Fsp3) is 0.111. The fourth-order valence-corrected chi connectivity index (χ4v) is 1.30. The summed E-state index contributed by atoms with van der Waals surface area (Å²) in [4.78, 5) is 11.0. The van der Waals surface area contributed by atoms with E-state index in [0.717, 1.165) is 6.07 Å². The Morgan fingerprint density at radius 2 is 2.00 bits per heavy atom. The van der Waals surface area contributed by atoms with Gasteiger partial charge in [-0.2, -0.15) is 0 Å². The number of carbonyl (C=O) groups excluding carboxylic acids is 1. The van der Waals surface area contributed by atoms with Gasteiger partial charge in [0.05, 0.1) is 5.02 Å². The summed E-state index contributed by atoms with van der Waals surface area (Å²) in [7, 11) is 0. The highest BCUT2D eigenvalue weighted by Crippen LogP contribution is 2.35. The third-order valence-corrected chi connectivity index (χ3v) is 2.17. The fourth-order valence-electron chi connectivity index (χ4n) is 1.05. The summed E-state index contributed by atoms with van der Waals surface area (Å²) < 4.78 is 0. The highest BCUT2D eigenvalue weighted by atomic mass is 35.5. The number of nitrogens with zero attached hydrogens (tertiary/aromatic N) is 1. The third kappa shape index (κ3) is 2.02. The van der Waals surface area contributed by atoms with E-state index in [4.69, 9.17) is 21.9 Å². The molecular weight excluding hydrogens is 222 g/mol. The van der Waals surface area contributed by atoms with Gasteiger partial charge < -0.3 is 15.4 Å². The van der Waals surface area contributed by atoms with Gasteiger partial charge in [-0.1, -0.05) is 16.8 Å². The highest BCUT2D eigenvalue weighted by Gasteiger charge is 2.18. The molecule has 0 atom stereocenters. The molecule has 0 heterocycles. The molecule has 0 aliphatic heterocycles. The summed E-state index contributed by atoms with van der Waals surface area (Å²) in [6, 6.07) is 2.42. The number of phenolic OH excluding ortho intramolecular Hbond substituents is 2. The molecule has 80 valence electrons. The Kier molecular flexibility index (Phi) is 3.16. The van der Waals surface area contributed by atoms with Crippen LogP contribution in [0.3, 0.4) is 0 Å². The first-order valence-corrected chi connectivity index (χ1v) is 4.30. The minimum Gasteiger partial charge on any atom is -0.504 e. The molecule has 15 heavy (non-hydrogen) atoms. The van der Waals surface area contributed by atoms with E-state index in [1.54, 1.807) is 0 Å². The maximum absolute atomic E-state index is 11.0. The molecule has 0 aliphatic rings. The van der Waals surface area contributed by atoms with Gasteiger partial charge in [-0.05, 0) is 12.1 Å². The first-order valence-electron chi connectivity index (χ1n) is 3.92. The van der Waals surface area contributed by atoms with Crippen molar-refractivity contribution in [1.29, 1.82) is 0 Å². The zero-order valence-electron chi connectivity index (χ0n) is 7.73. The Morgan fingerprint density at radius 1 is 1.40 bits per heavy atom. The van der Waals surface area contributed by atoms with Crippen LogP contribution in [-0.4, -0.2) is 26.9 Å². The molecule has 1 rings (SSSR count). The lowest BCUT2D eigenvalue weighted by molar-refractivity contribution is -0.111. The first kappa shape index (κ1) is 11.3. The zero-order chi connectivity index (χ0) is 11.6. The van der Waals surface area contributed by atoms with Gasteiger partial charge in [0.1, 0.15) is 0 Å². The molecule has 5 nitrogen and oxygen atoms in total. The van der Waals surface area contributed by atoms with Crippen LogP contribution >= 0.6 is 11.6 Å². The summed E-state index contributed by atoms with van der Waals surface area (Å²) in [5, 5.41) is 29.5. The zero-order valence-corrected chi connectivity index (χ0v) is 8.49. The lowest BCUT2D eigenvalue weighted by Crippen LogP contribution is -2.12. The summed E-state index contributed by atoms with van der Waals surface area (Å²) in [5.41, 5.74) is -0.225. The van der Waals surface area contributed by atoms with E-state index in [-0.39, 0.29) is 16.3 Å². The summed E-state index contributed by atoms with van der Waals surface area (Å²) in [6.45, 7) is 1.19. The number of Topliss-reactive ketones (excluding diaryl/α,β-unsaturated/α-hetero) is 1. The molecule has 0 fully saturated rings. The number of aromatic hydroxyl groups is 2. The second kappa shape index (κ2) is 4.18. The van der Waals surface area contributed by atoms with E-state index < -0.39 is 17.3 Å². The number of benzene rings is 1. The van der Waals surface area contributed by atoms with Crippen LogP contribution in [0.1, 0.15) is 12.5 Å². The van der Waals surface area contributed by atoms with Crippen LogP contribution in [0, 0.1) is 0 Å². The predicted octanol–water partition coefficient (Wildman–Crippen LogP) is 1.52. The van der Waals surface area contributed by atoms with E-state index in [9.17, 15) is 9.90 Å². The molecule has 0 amide bonds. The van der Waals surface area contributed by atoms with Gasteiger partial charge in [0.15, 0.2) is 23.0 Å². The SMILES string of the molecule is CC(=O)C(=NO)c1ccc(O)c(O)c1Cl. The van der Waals surface area contributed by atoms with Crippen LogP contribution in [0.15, 0.2) is 17.3 Å². The van der Waals surface area contributed by atoms with Crippen molar-refractivity contribution in [3.63, 3.8) is 0 Å². The van der Waals surface area contributed by atoms with Crippen LogP contribution in [0.25, 0.3) is 0 Å². The summed E-state index contributed by atoms with van der Waals surface area (Å²) in [6.07, 6.45) is 0. The van der Waals surface area contributed by atoms with E-state index in [0.29, 0.717) is 0 Å². The maximum atomic E-state index is 11.0. The number of phenols is 2. The average Bonchev–Trinajstić information content (AvgIpc) is 2.18. The second-order valence-electron chi connectivity index (χ2n) is 2.80. The summed E-state index contributed by atoms with van der Waals surface area (Å²) in [5.74, 6) is -1.48. The molecule has 1 aromatic carbocycles. The van der Waals surface area contributed by atoms with Gasteiger partial charge in [-0.25, -0.2) is 0 Å². The van der Waals surface area contributed by atoms with Crippen LogP contribution in [0.2, 0.25) is 5.02 Å². The monoisotopic (exact) mass is 229 g/mol. The average molecular weight is 230 g/mol. The molecule has 0 aliphatic carbocycles. The van der Waals surface area contributed by atoms with Gasteiger partial charge in [-0.3, -0.25) is 4.79 Å². The van der Waals surface area contributed by atoms with Gasteiger partial charge in [0.2, 0.25) is 0 Å². The van der Waals surface area contributed by atoms with E-state index >= 15 is 0 Å². The maximum Gasteiger partial charge on any atom is 0.182 e. The molecule has 0 aromatic heterocycles. The van der Waals surface area contributed by atoms with Gasteiger partial charge in [0, 0.05) is 12.5 Å². The standard InChI is InChI=1S/C9H8ClNO4/c1-4(12)8(11-15)5-2-3-6(13)9(14)7(5)10/h2-3,13-15H,1H3. The Labute approximate surface area is 90.2 Å². The largest absolute Gasteiger partial charge is 0.504 e. The number of hydrogen-bond acceptors (Lipinski definition) is 5. The minimum atomic E-state index is -0.559. The van der Waals surface area contributed by atoms with Crippen LogP contribution in [0.4, 0.5) is 0 Å². The van der Waals surface area contributed by atoms with Gasteiger partial charge in [0.25, 0.3) is 0 Å². The Hall–Kier alpha value is -1.75. The van der Waals surface area contributed by atoms with E-state index in [2.05, 4.69) is 5.16 Å². The molecule has 0 spiro atoms. The lowest BCUT2D eigenvalue weighted by atomic mass is 10.1.